The molecule has 2 saturated carbocycles. The second-order valence-corrected chi connectivity index (χ2v) is 8.98. The van der Waals surface area contributed by atoms with Crippen molar-refractivity contribution in [1.82, 2.24) is 0 Å². The van der Waals surface area contributed by atoms with E-state index in [1.54, 1.807) is 0 Å². The van der Waals surface area contributed by atoms with Crippen LogP contribution in [-0.4, -0.2) is 39.0 Å². The third kappa shape index (κ3) is 4.95. The summed E-state index contributed by atoms with van der Waals surface area (Å²) in [6.45, 7) is 0. The number of sulfone groups is 1. The summed E-state index contributed by atoms with van der Waals surface area (Å²) in [5.74, 6) is 0.152. The van der Waals surface area contributed by atoms with Crippen molar-refractivity contribution in [2.75, 3.05) is 18.6 Å². The van der Waals surface area contributed by atoms with Gasteiger partial charge in [-0.2, -0.15) is 0 Å². The van der Waals surface area contributed by atoms with Crippen LogP contribution in [0, 0.1) is 11.3 Å². The monoisotopic (exact) mass is 317 g/mol. The van der Waals surface area contributed by atoms with Gasteiger partial charge in [-0.1, -0.05) is 19.3 Å². The van der Waals surface area contributed by atoms with Crippen molar-refractivity contribution in [1.29, 1.82) is 0 Å². The lowest BCUT2D eigenvalue weighted by Crippen LogP contribution is -2.39. The average molecular weight is 317 g/mol. The maximum atomic E-state index is 12.4. The predicted octanol–water partition coefficient (Wildman–Crippen LogP) is 1.65. The van der Waals surface area contributed by atoms with E-state index in [0.717, 1.165) is 38.5 Å². The number of esters is 1. The summed E-state index contributed by atoms with van der Waals surface area (Å²) < 4.78 is 29.4. The zero-order valence-corrected chi connectivity index (χ0v) is 13.7. The first-order valence-corrected chi connectivity index (χ1v) is 9.71. The Labute approximate surface area is 127 Å². The Morgan fingerprint density at radius 3 is 2.43 bits per heavy atom. The lowest BCUT2D eigenvalue weighted by Gasteiger charge is -2.27. The summed E-state index contributed by atoms with van der Waals surface area (Å²) in [5, 5.41) is 0. The number of ether oxygens (including phenoxy) is 1. The highest BCUT2D eigenvalue weighted by atomic mass is 32.2. The van der Waals surface area contributed by atoms with Crippen molar-refractivity contribution in [3.8, 4) is 0 Å². The molecule has 0 amide bonds. The molecule has 0 aromatic carbocycles. The van der Waals surface area contributed by atoms with Gasteiger partial charge in [-0.05, 0) is 37.0 Å². The molecule has 0 aliphatic heterocycles. The third-order valence-corrected chi connectivity index (χ3v) is 6.88. The molecule has 2 aliphatic carbocycles. The molecular weight excluding hydrogens is 290 g/mol. The molecule has 5 nitrogen and oxygen atoms in total. The zero-order valence-electron chi connectivity index (χ0n) is 12.8. The highest BCUT2D eigenvalue weighted by Crippen LogP contribution is 2.50. The minimum absolute atomic E-state index is 0.0561. The van der Waals surface area contributed by atoms with Crippen LogP contribution < -0.4 is 5.73 Å². The van der Waals surface area contributed by atoms with Gasteiger partial charge in [0.05, 0.1) is 25.0 Å². The Bertz CT molecular complexity index is 464. The number of methoxy groups -OCH3 is 1. The summed E-state index contributed by atoms with van der Waals surface area (Å²) in [5.41, 5.74) is 5.75. The van der Waals surface area contributed by atoms with Crippen LogP contribution in [0.2, 0.25) is 0 Å². The van der Waals surface area contributed by atoms with Crippen LogP contribution in [-0.2, 0) is 19.4 Å². The summed E-state index contributed by atoms with van der Waals surface area (Å²) in [6, 6.07) is -0.260. The molecule has 6 heteroatoms. The van der Waals surface area contributed by atoms with Crippen LogP contribution >= 0.6 is 0 Å². The van der Waals surface area contributed by atoms with E-state index in [1.807, 2.05) is 0 Å². The molecule has 122 valence electrons. The van der Waals surface area contributed by atoms with Gasteiger partial charge in [0.1, 0.15) is 0 Å². The first kappa shape index (κ1) is 16.7. The van der Waals surface area contributed by atoms with Crippen LogP contribution in [0.3, 0.4) is 0 Å². The number of nitrogens with two attached hydrogens (primary N) is 1. The number of carbonyl (C=O) groups is 1. The maximum Gasteiger partial charge on any atom is 0.306 e. The fraction of sp³-hybridized carbons (Fsp3) is 0.933. The normalized spacial score (nSPS) is 23.5. The molecule has 2 N–H and O–H groups in total. The van der Waals surface area contributed by atoms with Gasteiger partial charge >= 0.3 is 5.97 Å². The molecule has 0 bridgehead atoms. The van der Waals surface area contributed by atoms with Crippen molar-refractivity contribution in [3.05, 3.63) is 0 Å². The second kappa shape index (κ2) is 6.65. The summed E-state index contributed by atoms with van der Waals surface area (Å²) >= 11 is 0. The Balaban J connectivity index is 1.88. The summed E-state index contributed by atoms with van der Waals surface area (Å²) in [7, 11) is -1.87. The fourth-order valence-corrected chi connectivity index (χ4v) is 5.74. The second-order valence-electron chi connectivity index (χ2n) is 6.87. The number of hydrogen-bond donors (Lipinski definition) is 1. The summed E-state index contributed by atoms with van der Waals surface area (Å²) in [6.07, 6.45) is 7.43. The molecule has 2 rings (SSSR count). The molecule has 0 aromatic heterocycles. The van der Waals surface area contributed by atoms with E-state index in [2.05, 4.69) is 4.74 Å². The largest absolute Gasteiger partial charge is 0.469 e. The fourth-order valence-electron chi connectivity index (χ4n) is 3.44. The molecular formula is C15H27NO4S. The van der Waals surface area contributed by atoms with Crippen molar-refractivity contribution >= 4 is 15.8 Å². The smallest absolute Gasteiger partial charge is 0.306 e. The van der Waals surface area contributed by atoms with Crippen LogP contribution in [0.15, 0.2) is 0 Å². The Morgan fingerprint density at radius 1 is 1.29 bits per heavy atom. The van der Waals surface area contributed by atoms with Gasteiger partial charge in [-0.25, -0.2) is 8.42 Å². The van der Waals surface area contributed by atoms with Gasteiger partial charge in [0.25, 0.3) is 0 Å². The predicted molar refractivity (Wildman–Crippen MR) is 81.5 cm³/mol. The van der Waals surface area contributed by atoms with E-state index in [9.17, 15) is 13.2 Å². The SMILES string of the molecule is COC(=O)CC1(CS(=O)(=O)CC(N)C2CCCCC2)CC1. The molecule has 0 radical (unpaired) electrons. The van der Waals surface area contributed by atoms with Crippen molar-refractivity contribution in [3.63, 3.8) is 0 Å². The lowest BCUT2D eigenvalue weighted by molar-refractivity contribution is -0.141. The third-order valence-electron chi connectivity index (χ3n) is 4.93. The van der Waals surface area contributed by atoms with Crippen molar-refractivity contribution < 1.29 is 17.9 Å². The lowest BCUT2D eigenvalue weighted by atomic mass is 9.85. The van der Waals surface area contributed by atoms with Crippen LogP contribution in [0.4, 0.5) is 0 Å². The molecule has 1 unspecified atom stereocenters. The van der Waals surface area contributed by atoms with E-state index in [4.69, 9.17) is 5.73 Å². The first-order chi connectivity index (χ1) is 9.86. The molecule has 1 atom stereocenters. The van der Waals surface area contributed by atoms with E-state index in [1.165, 1.54) is 13.5 Å². The van der Waals surface area contributed by atoms with Crippen LogP contribution in [0.5, 0.6) is 0 Å². The van der Waals surface area contributed by atoms with Gasteiger partial charge in [-0.15, -0.1) is 0 Å². The van der Waals surface area contributed by atoms with Crippen LogP contribution in [0.1, 0.15) is 51.4 Å². The zero-order chi connectivity index (χ0) is 15.5. The van der Waals surface area contributed by atoms with Crippen molar-refractivity contribution in [2.45, 2.75) is 57.4 Å². The van der Waals surface area contributed by atoms with Crippen LogP contribution in [0.25, 0.3) is 0 Å². The van der Waals surface area contributed by atoms with Crippen molar-refractivity contribution in [2.24, 2.45) is 17.1 Å². The topological polar surface area (TPSA) is 86.5 Å². The number of hydrogen-bond acceptors (Lipinski definition) is 5. The quantitative estimate of drug-likeness (QED) is 0.722. The molecule has 2 fully saturated rings. The first-order valence-electron chi connectivity index (χ1n) is 7.89. The average Bonchev–Trinajstić information content (AvgIpc) is 3.17. The molecule has 0 aromatic rings. The number of carbonyl (C=O) groups excluding carboxylic acids is 1. The van der Waals surface area contributed by atoms with E-state index < -0.39 is 9.84 Å². The Kier molecular flexibility index (Phi) is 5.30. The Hall–Kier alpha value is -0.620. The standard InChI is InChI=1S/C15H27NO4S/c1-20-14(17)9-15(7-8-15)11-21(18,19)10-13(16)12-5-3-2-4-6-12/h12-13H,2-11,16H2,1H3. The van der Waals surface area contributed by atoms with Gasteiger partial charge in [0.15, 0.2) is 9.84 Å². The van der Waals surface area contributed by atoms with Gasteiger partial charge in [0.2, 0.25) is 0 Å². The minimum atomic E-state index is -3.21. The molecule has 0 saturated heterocycles. The molecule has 0 heterocycles. The van der Waals surface area contributed by atoms with E-state index in [0.29, 0.717) is 5.92 Å². The van der Waals surface area contributed by atoms with Gasteiger partial charge in [-0.3, -0.25) is 4.79 Å². The maximum absolute atomic E-state index is 12.4. The molecule has 0 spiro atoms. The summed E-state index contributed by atoms with van der Waals surface area (Å²) in [4.78, 5) is 11.4. The van der Waals surface area contributed by atoms with E-state index >= 15 is 0 Å². The minimum Gasteiger partial charge on any atom is -0.469 e. The highest BCUT2D eigenvalue weighted by molar-refractivity contribution is 7.91. The van der Waals surface area contributed by atoms with Gasteiger partial charge < -0.3 is 10.5 Å². The Morgan fingerprint density at radius 2 is 1.90 bits per heavy atom. The number of rotatable bonds is 7. The van der Waals surface area contributed by atoms with Gasteiger partial charge in [0, 0.05) is 6.04 Å². The molecule has 2 aliphatic rings. The van der Waals surface area contributed by atoms with E-state index in [-0.39, 0.29) is 35.4 Å². The highest BCUT2D eigenvalue weighted by Gasteiger charge is 2.48. The molecule has 21 heavy (non-hydrogen) atoms.